The zero-order valence-corrected chi connectivity index (χ0v) is 15.2. The smallest absolute Gasteiger partial charge is 0.0794 e. The first-order chi connectivity index (χ1) is 12.9. The van der Waals surface area contributed by atoms with E-state index in [-0.39, 0.29) is 0 Å². The second-order valence-electron chi connectivity index (χ2n) is 6.20. The van der Waals surface area contributed by atoms with Crippen molar-refractivity contribution in [3.05, 3.63) is 95.3 Å². The van der Waals surface area contributed by atoms with Gasteiger partial charge in [-0.2, -0.15) is 5.10 Å². The summed E-state index contributed by atoms with van der Waals surface area (Å²) in [7, 11) is 0. The Hall–Kier alpha value is -2.76. The van der Waals surface area contributed by atoms with Gasteiger partial charge in [0.2, 0.25) is 0 Å². The Balaban J connectivity index is 1.58. The summed E-state index contributed by atoms with van der Waals surface area (Å²) < 4.78 is 0. The predicted octanol–water partition coefficient (Wildman–Crippen LogP) is 4.74. The fourth-order valence-electron chi connectivity index (χ4n) is 3.04. The number of nitrogens with zero attached hydrogens (tertiary/aromatic N) is 3. The van der Waals surface area contributed by atoms with Crippen LogP contribution in [0.15, 0.2) is 78.4 Å². The molecule has 4 aromatic rings. The lowest BCUT2D eigenvalue weighted by Gasteiger charge is -2.22. The van der Waals surface area contributed by atoms with Crippen LogP contribution in [-0.4, -0.2) is 20.1 Å². The Morgan fingerprint density at radius 2 is 1.77 bits per heavy atom. The minimum atomic E-state index is 0.796. The molecule has 0 atom stereocenters. The Morgan fingerprint density at radius 1 is 0.885 bits per heavy atom. The lowest BCUT2D eigenvalue weighted by molar-refractivity contribution is 0.245. The highest BCUT2D eigenvalue weighted by atomic mass is 32.1. The average molecular weight is 360 g/mol. The summed E-state index contributed by atoms with van der Waals surface area (Å²) in [6.07, 6.45) is 3.79. The molecule has 3 heterocycles. The normalized spacial score (nSPS) is 11.1. The first-order valence-corrected chi connectivity index (χ1v) is 9.49. The van der Waals surface area contributed by atoms with E-state index in [4.69, 9.17) is 0 Å². The topological polar surface area (TPSA) is 44.8 Å². The Kier molecular flexibility index (Phi) is 5.19. The molecule has 3 aromatic heterocycles. The number of thiophene rings is 1. The number of aromatic amines is 1. The fraction of sp³-hybridized carbons (Fsp3) is 0.143. The maximum Gasteiger partial charge on any atom is 0.0794 e. The molecule has 130 valence electrons. The van der Waals surface area contributed by atoms with E-state index in [0.29, 0.717) is 0 Å². The van der Waals surface area contributed by atoms with Crippen LogP contribution in [0.2, 0.25) is 0 Å². The van der Waals surface area contributed by atoms with E-state index in [1.165, 1.54) is 16.0 Å². The van der Waals surface area contributed by atoms with E-state index < -0.39 is 0 Å². The van der Waals surface area contributed by atoms with E-state index in [1.54, 1.807) is 11.3 Å². The maximum atomic E-state index is 4.50. The molecule has 0 radical (unpaired) electrons. The van der Waals surface area contributed by atoms with Crippen molar-refractivity contribution >= 4 is 11.3 Å². The van der Waals surface area contributed by atoms with Crippen LogP contribution in [0.5, 0.6) is 0 Å². The van der Waals surface area contributed by atoms with Gasteiger partial charge in [-0.15, -0.1) is 11.3 Å². The number of hydrogen-bond acceptors (Lipinski definition) is 4. The number of aromatic nitrogens is 3. The molecule has 0 spiro atoms. The number of H-pyrrole nitrogens is 1. The molecule has 0 unspecified atom stereocenters. The van der Waals surface area contributed by atoms with Gasteiger partial charge in [0.25, 0.3) is 0 Å². The van der Waals surface area contributed by atoms with E-state index in [9.17, 15) is 0 Å². The van der Waals surface area contributed by atoms with Crippen molar-refractivity contribution in [2.24, 2.45) is 0 Å². The van der Waals surface area contributed by atoms with Crippen LogP contribution in [0, 0.1) is 0 Å². The molecule has 5 heteroatoms. The van der Waals surface area contributed by atoms with Gasteiger partial charge < -0.3 is 0 Å². The molecule has 0 aliphatic carbocycles. The summed E-state index contributed by atoms with van der Waals surface area (Å²) >= 11 is 1.73. The maximum absolute atomic E-state index is 4.50. The van der Waals surface area contributed by atoms with Crippen LogP contribution >= 0.6 is 11.3 Å². The quantitative estimate of drug-likeness (QED) is 0.518. The monoisotopic (exact) mass is 360 g/mol. The van der Waals surface area contributed by atoms with E-state index in [0.717, 1.165) is 31.0 Å². The largest absolute Gasteiger partial charge is 0.289 e. The summed E-state index contributed by atoms with van der Waals surface area (Å²) in [5.74, 6) is 0. The van der Waals surface area contributed by atoms with Crippen molar-refractivity contribution in [2.75, 3.05) is 0 Å². The summed E-state index contributed by atoms with van der Waals surface area (Å²) in [6, 6.07) is 20.8. The summed E-state index contributed by atoms with van der Waals surface area (Å²) in [6.45, 7) is 2.48. The number of pyridine rings is 1. The summed E-state index contributed by atoms with van der Waals surface area (Å²) in [5.41, 5.74) is 4.69. The average Bonchev–Trinajstić information content (AvgIpc) is 3.35. The molecule has 0 aliphatic rings. The number of benzene rings is 1. The number of hydrogen-bond donors (Lipinski definition) is 1. The highest BCUT2D eigenvalue weighted by Crippen LogP contribution is 2.27. The molecule has 1 aromatic carbocycles. The van der Waals surface area contributed by atoms with Gasteiger partial charge in [0, 0.05) is 31.4 Å². The first-order valence-electron chi connectivity index (χ1n) is 8.61. The van der Waals surface area contributed by atoms with Crippen LogP contribution in [0.4, 0.5) is 0 Å². The van der Waals surface area contributed by atoms with E-state index in [2.05, 4.69) is 74.0 Å². The molecule has 1 N–H and O–H groups in total. The van der Waals surface area contributed by atoms with Gasteiger partial charge in [-0.3, -0.25) is 15.0 Å². The highest BCUT2D eigenvalue weighted by molar-refractivity contribution is 7.13. The minimum absolute atomic E-state index is 0.796. The zero-order valence-electron chi connectivity index (χ0n) is 14.4. The lowest BCUT2D eigenvalue weighted by Crippen LogP contribution is -2.23. The van der Waals surface area contributed by atoms with Gasteiger partial charge >= 0.3 is 0 Å². The standard InChI is InChI=1S/C21H20N4S/c1-2-7-17(8-3-1)14-25(16-19-9-4-5-11-22-19)15-18-13-23-24-21(18)20-10-6-12-26-20/h1-13H,14-16H2,(H,23,24). The summed E-state index contributed by atoms with van der Waals surface area (Å²) in [5, 5.41) is 9.54. The second-order valence-corrected chi connectivity index (χ2v) is 7.15. The molecule has 26 heavy (non-hydrogen) atoms. The van der Waals surface area contributed by atoms with Crippen LogP contribution in [0.25, 0.3) is 10.6 Å². The number of rotatable bonds is 7. The Bertz CT molecular complexity index is 876. The first kappa shape index (κ1) is 16.7. The van der Waals surface area contributed by atoms with Gasteiger partial charge in [0.05, 0.1) is 22.5 Å². The third-order valence-corrected chi connectivity index (χ3v) is 5.13. The van der Waals surface area contributed by atoms with Crippen molar-refractivity contribution in [3.63, 3.8) is 0 Å². The fourth-order valence-corrected chi connectivity index (χ4v) is 3.79. The molecule has 0 fully saturated rings. The highest BCUT2D eigenvalue weighted by Gasteiger charge is 2.14. The lowest BCUT2D eigenvalue weighted by atomic mass is 10.1. The number of nitrogens with one attached hydrogen (secondary N) is 1. The van der Waals surface area contributed by atoms with Crippen molar-refractivity contribution in [1.82, 2.24) is 20.1 Å². The molecular weight excluding hydrogens is 340 g/mol. The van der Waals surface area contributed by atoms with Crippen molar-refractivity contribution in [1.29, 1.82) is 0 Å². The molecule has 0 saturated heterocycles. The van der Waals surface area contributed by atoms with Gasteiger partial charge in [-0.25, -0.2) is 0 Å². The predicted molar refractivity (Wildman–Crippen MR) is 106 cm³/mol. The zero-order chi connectivity index (χ0) is 17.6. The molecule has 0 amide bonds. The Labute approximate surface area is 157 Å². The van der Waals surface area contributed by atoms with E-state index in [1.807, 2.05) is 24.5 Å². The second kappa shape index (κ2) is 8.08. The molecular formula is C21H20N4S. The van der Waals surface area contributed by atoms with Crippen molar-refractivity contribution in [3.8, 4) is 10.6 Å². The molecule has 0 bridgehead atoms. The Morgan fingerprint density at radius 3 is 2.54 bits per heavy atom. The molecule has 0 saturated carbocycles. The van der Waals surface area contributed by atoms with Gasteiger partial charge in [0.1, 0.15) is 0 Å². The third kappa shape index (κ3) is 4.07. The minimum Gasteiger partial charge on any atom is -0.289 e. The van der Waals surface area contributed by atoms with Crippen LogP contribution in [0.3, 0.4) is 0 Å². The molecule has 0 aliphatic heterocycles. The molecule has 4 nitrogen and oxygen atoms in total. The third-order valence-electron chi connectivity index (χ3n) is 4.24. The van der Waals surface area contributed by atoms with Gasteiger partial charge in [0.15, 0.2) is 0 Å². The molecule has 4 rings (SSSR count). The van der Waals surface area contributed by atoms with E-state index >= 15 is 0 Å². The van der Waals surface area contributed by atoms with Gasteiger partial charge in [-0.1, -0.05) is 42.5 Å². The van der Waals surface area contributed by atoms with Crippen LogP contribution in [0.1, 0.15) is 16.8 Å². The van der Waals surface area contributed by atoms with Crippen LogP contribution in [-0.2, 0) is 19.6 Å². The van der Waals surface area contributed by atoms with Crippen molar-refractivity contribution < 1.29 is 0 Å². The van der Waals surface area contributed by atoms with Crippen LogP contribution < -0.4 is 0 Å². The van der Waals surface area contributed by atoms with Gasteiger partial charge in [-0.05, 0) is 29.1 Å². The summed E-state index contributed by atoms with van der Waals surface area (Å²) in [4.78, 5) is 8.12. The van der Waals surface area contributed by atoms with Crippen molar-refractivity contribution in [2.45, 2.75) is 19.6 Å². The SMILES string of the molecule is c1ccc(CN(Cc2ccccn2)Cc2cn[nH]c2-c2cccs2)cc1.